The van der Waals surface area contributed by atoms with Crippen LogP contribution in [0.15, 0.2) is 0 Å². The highest BCUT2D eigenvalue weighted by molar-refractivity contribution is 5.79. The SMILES string of the molecule is CON(C)C(=O)C(F)CC1CCCCC1. The summed E-state index contributed by atoms with van der Waals surface area (Å²) in [5, 5.41) is 0.966. The van der Waals surface area contributed by atoms with Crippen molar-refractivity contribution in [2.45, 2.75) is 44.7 Å². The van der Waals surface area contributed by atoms with Crippen LogP contribution in [0.3, 0.4) is 0 Å². The number of nitrogens with zero attached hydrogens (tertiary/aromatic N) is 1. The molecule has 0 aromatic heterocycles. The average molecular weight is 217 g/mol. The fourth-order valence-corrected chi connectivity index (χ4v) is 2.10. The third-order valence-electron chi connectivity index (χ3n) is 3.12. The Balaban J connectivity index is 2.33. The molecule has 1 unspecified atom stereocenters. The molecule has 0 spiro atoms. The zero-order valence-electron chi connectivity index (χ0n) is 9.54. The standard InChI is InChI=1S/C11H20FNO2/c1-13(15-2)11(14)10(12)8-9-6-4-3-5-7-9/h9-10H,3-8H2,1-2H3. The molecule has 1 saturated carbocycles. The summed E-state index contributed by atoms with van der Waals surface area (Å²) in [5.74, 6) is -0.189. The van der Waals surface area contributed by atoms with Gasteiger partial charge in [0, 0.05) is 7.05 Å². The molecule has 1 fully saturated rings. The van der Waals surface area contributed by atoms with Crippen molar-refractivity contribution < 1.29 is 14.0 Å². The minimum Gasteiger partial charge on any atom is -0.274 e. The van der Waals surface area contributed by atoms with Gasteiger partial charge >= 0.3 is 0 Å². The molecule has 0 bridgehead atoms. The van der Waals surface area contributed by atoms with E-state index in [2.05, 4.69) is 4.84 Å². The second kappa shape index (κ2) is 6.05. The smallest absolute Gasteiger partial charge is 0.274 e. The van der Waals surface area contributed by atoms with Gasteiger partial charge in [0.2, 0.25) is 0 Å². The molecular weight excluding hydrogens is 197 g/mol. The van der Waals surface area contributed by atoms with E-state index in [0.717, 1.165) is 17.9 Å². The Morgan fingerprint density at radius 1 is 1.47 bits per heavy atom. The van der Waals surface area contributed by atoms with Crippen LogP contribution in [0.2, 0.25) is 0 Å². The van der Waals surface area contributed by atoms with Crippen LogP contribution in [-0.2, 0) is 9.63 Å². The van der Waals surface area contributed by atoms with Gasteiger partial charge in [0.1, 0.15) is 0 Å². The monoisotopic (exact) mass is 217 g/mol. The van der Waals surface area contributed by atoms with Crippen LogP contribution in [-0.4, -0.2) is 31.3 Å². The number of alkyl halides is 1. The molecular formula is C11H20FNO2. The van der Waals surface area contributed by atoms with Crippen molar-refractivity contribution in [3.8, 4) is 0 Å². The number of rotatable bonds is 4. The molecule has 1 rings (SSSR count). The lowest BCUT2D eigenvalue weighted by Gasteiger charge is -2.24. The maximum absolute atomic E-state index is 13.5. The molecule has 15 heavy (non-hydrogen) atoms. The fourth-order valence-electron chi connectivity index (χ4n) is 2.10. The summed E-state index contributed by atoms with van der Waals surface area (Å²) in [6, 6.07) is 0. The Morgan fingerprint density at radius 3 is 2.60 bits per heavy atom. The number of amides is 1. The van der Waals surface area contributed by atoms with Crippen molar-refractivity contribution in [3.63, 3.8) is 0 Å². The summed E-state index contributed by atoms with van der Waals surface area (Å²) < 4.78 is 13.5. The molecule has 0 N–H and O–H groups in total. The summed E-state index contributed by atoms with van der Waals surface area (Å²) in [6.45, 7) is 0. The summed E-state index contributed by atoms with van der Waals surface area (Å²) in [5.41, 5.74) is 0. The molecule has 0 aliphatic heterocycles. The van der Waals surface area contributed by atoms with E-state index in [0.29, 0.717) is 12.3 Å². The summed E-state index contributed by atoms with van der Waals surface area (Å²) in [6.07, 6.45) is 4.66. The van der Waals surface area contributed by atoms with E-state index < -0.39 is 12.1 Å². The second-order valence-electron chi connectivity index (χ2n) is 4.23. The van der Waals surface area contributed by atoms with Gasteiger partial charge in [0.05, 0.1) is 7.11 Å². The lowest BCUT2D eigenvalue weighted by molar-refractivity contribution is -0.175. The number of hydroxylamine groups is 2. The van der Waals surface area contributed by atoms with Crippen LogP contribution in [0.1, 0.15) is 38.5 Å². The number of carbonyl (C=O) groups excluding carboxylic acids is 1. The van der Waals surface area contributed by atoms with Gasteiger partial charge in [-0.1, -0.05) is 32.1 Å². The van der Waals surface area contributed by atoms with Crippen LogP contribution in [0, 0.1) is 5.92 Å². The van der Waals surface area contributed by atoms with Crippen LogP contribution in [0.4, 0.5) is 4.39 Å². The van der Waals surface area contributed by atoms with E-state index in [1.54, 1.807) is 0 Å². The Bertz CT molecular complexity index is 205. The Hall–Kier alpha value is -0.640. The van der Waals surface area contributed by atoms with Crippen molar-refractivity contribution in [2.24, 2.45) is 5.92 Å². The molecule has 0 saturated heterocycles. The number of halogens is 1. The third kappa shape index (κ3) is 3.78. The Kier molecular flexibility index (Phi) is 5.02. The van der Waals surface area contributed by atoms with Gasteiger partial charge in [-0.3, -0.25) is 9.63 Å². The molecule has 4 heteroatoms. The highest BCUT2D eigenvalue weighted by Crippen LogP contribution is 2.28. The largest absolute Gasteiger partial charge is 0.280 e. The van der Waals surface area contributed by atoms with E-state index in [1.807, 2.05) is 0 Å². The van der Waals surface area contributed by atoms with Crippen molar-refractivity contribution in [3.05, 3.63) is 0 Å². The van der Waals surface area contributed by atoms with Crippen LogP contribution in [0.25, 0.3) is 0 Å². The van der Waals surface area contributed by atoms with E-state index in [1.165, 1.54) is 33.4 Å². The number of carbonyl (C=O) groups is 1. The maximum Gasteiger partial charge on any atom is 0.280 e. The quantitative estimate of drug-likeness (QED) is 0.676. The predicted octanol–water partition coefficient (Wildman–Crippen LogP) is 2.31. The van der Waals surface area contributed by atoms with Gasteiger partial charge in [0.15, 0.2) is 6.17 Å². The fraction of sp³-hybridized carbons (Fsp3) is 0.909. The topological polar surface area (TPSA) is 29.5 Å². The summed E-state index contributed by atoms with van der Waals surface area (Å²) in [4.78, 5) is 16.0. The Labute approximate surface area is 90.5 Å². The van der Waals surface area contributed by atoms with E-state index in [4.69, 9.17) is 0 Å². The van der Waals surface area contributed by atoms with Gasteiger partial charge in [-0.2, -0.15) is 0 Å². The first kappa shape index (κ1) is 12.4. The van der Waals surface area contributed by atoms with Gasteiger partial charge in [0.25, 0.3) is 5.91 Å². The van der Waals surface area contributed by atoms with Crippen molar-refractivity contribution in [1.29, 1.82) is 0 Å². The van der Waals surface area contributed by atoms with Crippen molar-refractivity contribution in [1.82, 2.24) is 5.06 Å². The third-order valence-corrected chi connectivity index (χ3v) is 3.12. The van der Waals surface area contributed by atoms with E-state index in [9.17, 15) is 9.18 Å². The van der Waals surface area contributed by atoms with Crippen LogP contribution < -0.4 is 0 Å². The van der Waals surface area contributed by atoms with Gasteiger partial charge in [-0.25, -0.2) is 9.45 Å². The molecule has 0 radical (unpaired) electrons. The maximum atomic E-state index is 13.5. The molecule has 1 amide bonds. The predicted molar refractivity (Wildman–Crippen MR) is 55.9 cm³/mol. The van der Waals surface area contributed by atoms with Crippen molar-refractivity contribution in [2.75, 3.05) is 14.2 Å². The molecule has 1 atom stereocenters. The first-order chi connectivity index (χ1) is 7.15. The lowest BCUT2D eigenvalue weighted by atomic mass is 9.85. The highest BCUT2D eigenvalue weighted by atomic mass is 19.1. The van der Waals surface area contributed by atoms with Crippen LogP contribution >= 0.6 is 0 Å². The van der Waals surface area contributed by atoms with Gasteiger partial charge < -0.3 is 0 Å². The van der Waals surface area contributed by atoms with Gasteiger partial charge in [-0.15, -0.1) is 0 Å². The van der Waals surface area contributed by atoms with E-state index >= 15 is 0 Å². The van der Waals surface area contributed by atoms with Crippen LogP contribution in [0.5, 0.6) is 0 Å². The van der Waals surface area contributed by atoms with Crippen molar-refractivity contribution >= 4 is 5.91 Å². The minimum absolute atomic E-state index is 0.354. The summed E-state index contributed by atoms with van der Waals surface area (Å²) in [7, 11) is 2.81. The zero-order chi connectivity index (χ0) is 11.3. The first-order valence-corrected chi connectivity index (χ1v) is 5.61. The molecule has 0 aromatic rings. The molecule has 1 aliphatic rings. The molecule has 88 valence electrons. The second-order valence-corrected chi connectivity index (χ2v) is 4.23. The zero-order valence-corrected chi connectivity index (χ0v) is 9.54. The summed E-state index contributed by atoms with van der Waals surface area (Å²) >= 11 is 0. The molecule has 1 aliphatic carbocycles. The molecule has 0 aromatic carbocycles. The Morgan fingerprint density at radius 2 is 2.07 bits per heavy atom. The van der Waals surface area contributed by atoms with Gasteiger partial charge in [-0.05, 0) is 12.3 Å². The number of hydrogen-bond acceptors (Lipinski definition) is 2. The normalized spacial score (nSPS) is 19.9. The first-order valence-electron chi connectivity index (χ1n) is 5.61. The van der Waals surface area contributed by atoms with E-state index in [-0.39, 0.29) is 0 Å². The average Bonchev–Trinajstić information content (AvgIpc) is 2.28. The molecule has 3 nitrogen and oxygen atoms in total. The molecule has 0 heterocycles. The lowest BCUT2D eigenvalue weighted by Crippen LogP contribution is -2.34. The number of hydrogen-bond donors (Lipinski definition) is 0. The highest BCUT2D eigenvalue weighted by Gasteiger charge is 2.26. The minimum atomic E-state index is -1.40.